The minimum absolute atomic E-state index is 0.0504. The number of anilines is 1. The summed E-state index contributed by atoms with van der Waals surface area (Å²) < 4.78 is 0. The number of benzene rings is 1. The minimum atomic E-state index is -0.0955. The topological polar surface area (TPSA) is 107 Å². The van der Waals surface area contributed by atoms with E-state index < -0.39 is 0 Å². The first-order valence-corrected chi connectivity index (χ1v) is 13.2. The van der Waals surface area contributed by atoms with Gasteiger partial charge in [-0.05, 0) is 75.5 Å². The number of piperidine rings is 1. The molecule has 4 N–H and O–H groups in total. The summed E-state index contributed by atoms with van der Waals surface area (Å²) in [6.45, 7) is 7.81. The number of hydrogen-bond acceptors (Lipinski definition) is 5. The summed E-state index contributed by atoms with van der Waals surface area (Å²) in [6.07, 6.45) is 6.35. The average molecular weight is 501 g/mol. The number of carbonyl (C=O) groups excluding carboxylic acids is 2. The molecular formula is C29H36N6O2. The largest absolute Gasteiger partial charge is 0.384 e. The Morgan fingerprint density at radius 2 is 1.95 bits per heavy atom. The molecule has 37 heavy (non-hydrogen) atoms. The highest BCUT2D eigenvalue weighted by Gasteiger charge is 2.30. The SMILES string of the molecule is CC(C)NC(=O)c1[nH]c2ccccc2c1C1=CCN(C(=O)C2CCN(Cc3ccnc(N)c3)CC2)CC1. The van der Waals surface area contributed by atoms with Gasteiger partial charge in [-0.1, -0.05) is 24.3 Å². The van der Waals surface area contributed by atoms with Crippen LogP contribution in [-0.2, 0) is 11.3 Å². The lowest BCUT2D eigenvalue weighted by atomic mass is 9.92. The molecule has 1 saturated heterocycles. The Morgan fingerprint density at radius 1 is 1.16 bits per heavy atom. The van der Waals surface area contributed by atoms with Crippen LogP contribution in [0.2, 0.25) is 0 Å². The Morgan fingerprint density at radius 3 is 2.65 bits per heavy atom. The molecular weight excluding hydrogens is 464 g/mol. The summed E-state index contributed by atoms with van der Waals surface area (Å²) in [5, 5.41) is 4.06. The van der Waals surface area contributed by atoms with Crippen molar-refractivity contribution in [1.29, 1.82) is 0 Å². The lowest BCUT2D eigenvalue weighted by Crippen LogP contribution is -2.43. The fourth-order valence-electron chi connectivity index (χ4n) is 5.52. The van der Waals surface area contributed by atoms with Gasteiger partial charge in [0.2, 0.25) is 5.91 Å². The predicted molar refractivity (Wildman–Crippen MR) is 147 cm³/mol. The number of hydrogen-bond donors (Lipinski definition) is 3. The van der Waals surface area contributed by atoms with Crippen molar-refractivity contribution in [2.45, 2.75) is 45.7 Å². The van der Waals surface area contributed by atoms with Crippen LogP contribution < -0.4 is 11.1 Å². The van der Waals surface area contributed by atoms with Gasteiger partial charge in [0.15, 0.2) is 0 Å². The Balaban J connectivity index is 1.24. The van der Waals surface area contributed by atoms with Crippen LogP contribution in [0.1, 0.15) is 54.7 Å². The number of amides is 2. The van der Waals surface area contributed by atoms with Crippen molar-refractivity contribution >= 4 is 34.1 Å². The van der Waals surface area contributed by atoms with Crippen molar-refractivity contribution in [3.05, 3.63) is 65.5 Å². The van der Waals surface area contributed by atoms with Crippen LogP contribution in [0.5, 0.6) is 0 Å². The predicted octanol–water partition coefficient (Wildman–Crippen LogP) is 3.81. The molecule has 8 heteroatoms. The van der Waals surface area contributed by atoms with Crippen LogP contribution in [0.4, 0.5) is 5.82 Å². The summed E-state index contributed by atoms with van der Waals surface area (Å²) in [5.41, 5.74) is 10.6. The second kappa shape index (κ2) is 10.8. The maximum absolute atomic E-state index is 13.3. The number of likely N-dealkylation sites (tertiary alicyclic amines) is 1. The molecule has 5 rings (SSSR count). The number of pyridine rings is 1. The van der Waals surface area contributed by atoms with Gasteiger partial charge in [0.05, 0.1) is 0 Å². The molecule has 2 amide bonds. The molecule has 0 bridgehead atoms. The van der Waals surface area contributed by atoms with E-state index in [1.807, 2.05) is 49.1 Å². The summed E-state index contributed by atoms with van der Waals surface area (Å²) in [7, 11) is 0. The van der Waals surface area contributed by atoms with E-state index >= 15 is 0 Å². The van der Waals surface area contributed by atoms with Gasteiger partial charge < -0.3 is 20.9 Å². The molecule has 2 aromatic heterocycles. The number of rotatable bonds is 6. The second-order valence-corrected chi connectivity index (χ2v) is 10.5. The highest BCUT2D eigenvalue weighted by molar-refractivity contribution is 6.07. The van der Waals surface area contributed by atoms with Gasteiger partial charge in [-0.25, -0.2) is 4.98 Å². The molecule has 0 unspecified atom stereocenters. The van der Waals surface area contributed by atoms with Gasteiger partial charge in [-0.3, -0.25) is 14.5 Å². The normalized spacial score (nSPS) is 17.3. The summed E-state index contributed by atoms with van der Waals surface area (Å²) in [6, 6.07) is 12.0. The highest BCUT2D eigenvalue weighted by atomic mass is 16.2. The maximum atomic E-state index is 13.3. The van der Waals surface area contributed by atoms with Gasteiger partial charge in [0.1, 0.15) is 11.5 Å². The molecule has 194 valence electrons. The number of nitrogens with one attached hydrogen (secondary N) is 2. The fraction of sp³-hybridized carbons (Fsp3) is 0.414. The van der Waals surface area contributed by atoms with Crippen LogP contribution >= 0.6 is 0 Å². The summed E-state index contributed by atoms with van der Waals surface area (Å²) >= 11 is 0. The van der Waals surface area contributed by atoms with Crippen LogP contribution in [0.15, 0.2) is 48.7 Å². The van der Waals surface area contributed by atoms with Gasteiger partial charge in [0, 0.05) is 54.3 Å². The molecule has 1 aromatic carbocycles. The number of aromatic nitrogens is 2. The van der Waals surface area contributed by atoms with E-state index in [2.05, 4.69) is 32.3 Å². The smallest absolute Gasteiger partial charge is 0.268 e. The molecule has 8 nitrogen and oxygen atoms in total. The van der Waals surface area contributed by atoms with E-state index in [1.165, 1.54) is 0 Å². The monoisotopic (exact) mass is 500 g/mol. The third kappa shape index (κ3) is 5.54. The molecule has 0 aliphatic carbocycles. The highest BCUT2D eigenvalue weighted by Crippen LogP contribution is 2.33. The zero-order chi connectivity index (χ0) is 25.9. The first-order chi connectivity index (χ1) is 17.9. The third-order valence-corrected chi connectivity index (χ3v) is 7.38. The van der Waals surface area contributed by atoms with Crippen LogP contribution in [-0.4, -0.2) is 63.8 Å². The molecule has 0 radical (unpaired) electrons. The first-order valence-electron chi connectivity index (χ1n) is 13.2. The van der Waals surface area contributed by atoms with Crippen LogP contribution in [0.3, 0.4) is 0 Å². The van der Waals surface area contributed by atoms with Gasteiger partial charge in [0.25, 0.3) is 5.91 Å². The van der Waals surface area contributed by atoms with E-state index in [1.54, 1.807) is 6.20 Å². The zero-order valence-electron chi connectivity index (χ0n) is 21.7. The number of para-hydroxylation sites is 1. The van der Waals surface area contributed by atoms with E-state index in [0.717, 1.165) is 66.5 Å². The van der Waals surface area contributed by atoms with Crippen molar-refractivity contribution in [2.75, 3.05) is 31.9 Å². The molecule has 1 fully saturated rings. The molecule has 2 aliphatic heterocycles. The number of carbonyl (C=O) groups is 2. The van der Waals surface area contributed by atoms with E-state index in [9.17, 15) is 9.59 Å². The molecule has 0 spiro atoms. The Kier molecular flexibility index (Phi) is 7.28. The van der Waals surface area contributed by atoms with Crippen molar-refractivity contribution in [2.24, 2.45) is 5.92 Å². The third-order valence-electron chi connectivity index (χ3n) is 7.38. The molecule has 0 saturated carbocycles. The number of aromatic amines is 1. The average Bonchev–Trinajstić information content (AvgIpc) is 3.28. The van der Waals surface area contributed by atoms with Crippen molar-refractivity contribution in [3.63, 3.8) is 0 Å². The molecule has 2 aliphatic rings. The molecule has 3 aromatic rings. The number of H-pyrrole nitrogens is 1. The standard InChI is InChI=1S/C29H36N6O2/c1-19(2)32-28(36)27-26(23-5-3-4-6-24(23)33-27)21-10-15-35(16-11-21)29(37)22-8-13-34(14-9-22)18-20-7-12-31-25(30)17-20/h3-7,10,12,17,19,22,33H,8-9,11,13-16,18H2,1-2H3,(H2,30,31)(H,32,36). The molecule has 4 heterocycles. The van der Waals surface area contributed by atoms with Crippen molar-refractivity contribution in [3.8, 4) is 0 Å². The summed E-state index contributed by atoms with van der Waals surface area (Å²) in [4.78, 5) is 38.1. The minimum Gasteiger partial charge on any atom is -0.384 e. The second-order valence-electron chi connectivity index (χ2n) is 10.5. The van der Waals surface area contributed by atoms with E-state index in [4.69, 9.17) is 5.73 Å². The zero-order valence-corrected chi connectivity index (χ0v) is 21.7. The molecule has 0 atom stereocenters. The lowest BCUT2D eigenvalue weighted by Gasteiger charge is -2.35. The van der Waals surface area contributed by atoms with Crippen LogP contribution in [0, 0.1) is 5.92 Å². The quantitative estimate of drug-likeness (QED) is 0.477. The number of fused-ring (bicyclic) bond motifs is 1. The maximum Gasteiger partial charge on any atom is 0.268 e. The number of nitrogens with two attached hydrogens (primary N) is 1. The van der Waals surface area contributed by atoms with E-state index in [-0.39, 0.29) is 23.8 Å². The first kappa shape index (κ1) is 25.0. The lowest BCUT2D eigenvalue weighted by molar-refractivity contribution is -0.136. The number of nitrogens with zero attached hydrogens (tertiary/aromatic N) is 3. The van der Waals surface area contributed by atoms with Crippen molar-refractivity contribution in [1.82, 2.24) is 25.1 Å². The van der Waals surface area contributed by atoms with Crippen LogP contribution in [0.25, 0.3) is 16.5 Å². The number of nitrogen functional groups attached to an aromatic ring is 1. The summed E-state index contributed by atoms with van der Waals surface area (Å²) in [5.74, 6) is 0.760. The van der Waals surface area contributed by atoms with Gasteiger partial charge in [-0.2, -0.15) is 0 Å². The van der Waals surface area contributed by atoms with Gasteiger partial charge >= 0.3 is 0 Å². The van der Waals surface area contributed by atoms with Crippen molar-refractivity contribution < 1.29 is 9.59 Å². The fourth-order valence-corrected chi connectivity index (χ4v) is 5.52. The van der Waals surface area contributed by atoms with Gasteiger partial charge in [-0.15, -0.1) is 0 Å². The Labute approximate surface area is 217 Å². The van der Waals surface area contributed by atoms with E-state index in [0.29, 0.717) is 24.6 Å². The Bertz CT molecular complexity index is 1320. The Hall–Kier alpha value is -3.65.